The second-order valence-corrected chi connectivity index (χ2v) is 10.6. The molecule has 12 nitrogen and oxygen atoms in total. The van der Waals surface area contributed by atoms with Crippen LogP contribution in [0.1, 0.15) is 75.7 Å². The summed E-state index contributed by atoms with van der Waals surface area (Å²) in [5.74, 6) is -0.378. The summed E-state index contributed by atoms with van der Waals surface area (Å²) in [5, 5.41) is 20.1. The Labute approximate surface area is 243 Å². The van der Waals surface area contributed by atoms with Gasteiger partial charge < -0.3 is 27.0 Å². The molecule has 1 heterocycles. The minimum absolute atomic E-state index is 0.0353. The predicted octanol–water partition coefficient (Wildman–Crippen LogP) is 3.10. The van der Waals surface area contributed by atoms with Crippen LogP contribution in [0.15, 0.2) is 30.5 Å². The van der Waals surface area contributed by atoms with Gasteiger partial charge >= 0.3 is 6.03 Å². The zero-order valence-electron chi connectivity index (χ0n) is 23.4. The lowest BCUT2D eigenvalue weighted by atomic mass is 10.0. The van der Waals surface area contributed by atoms with E-state index in [-0.39, 0.29) is 35.0 Å². The van der Waals surface area contributed by atoms with Crippen LogP contribution >= 0.6 is 15.9 Å². The smallest absolute Gasteiger partial charge is 0.312 e. The summed E-state index contributed by atoms with van der Waals surface area (Å²) in [4.78, 5) is 48.2. The fourth-order valence-corrected chi connectivity index (χ4v) is 4.23. The van der Waals surface area contributed by atoms with Crippen molar-refractivity contribution in [2.24, 2.45) is 11.7 Å². The van der Waals surface area contributed by atoms with Crippen molar-refractivity contribution in [1.29, 1.82) is 0 Å². The zero-order valence-corrected chi connectivity index (χ0v) is 25.0. The monoisotopic (exact) mass is 620 g/mol. The van der Waals surface area contributed by atoms with Gasteiger partial charge in [-0.3, -0.25) is 14.4 Å². The summed E-state index contributed by atoms with van der Waals surface area (Å²) in [6.45, 7) is 6.83. The van der Waals surface area contributed by atoms with E-state index in [9.17, 15) is 19.2 Å². The van der Waals surface area contributed by atoms with E-state index >= 15 is 0 Å². The summed E-state index contributed by atoms with van der Waals surface area (Å²) < 4.78 is 1.51. The number of hydrogen-bond acceptors (Lipinski definition) is 6. The second kappa shape index (κ2) is 17.3. The third kappa shape index (κ3) is 11.7. The molecule has 0 aliphatic rings. The molecule has 0 unspecified atom stereocenters. The molecular weight excluding hydrogens is 580 g/mol. The lowest BCUT2D eigenvalue weighted by Gasteiger charge is -2.20. The molecule has 40 heavy (non-hydrogen) atoms. The first kappa shape index (κ1) is 32.7. The Morgan fingerprint density at radius 2 is 1.68 bits per heavy atom. The summed E-state index contributed by atoms with van der Waals surface area (Å²) >= 11 is 3.11. The number of unbranched alkanes of at least 4 members (excludes halogenated alkanes) is 2. The van der Waals surface area contributed by atoms with Crippen LogP contribution < -0.4 is 27.0 Å². The van der Waals surface area contributed by atoms with E-state index in [1.807, 2.05) is 45.0 Å². The molecule has 0 saturated carbocycles. The van der Waals surface area contributed by atoms with Crippen molar-refractivity contribution in [2.75, 3.05) is 23.7 Å². The van der Waals surface area contributed by atoms with Crippen LogP contribution in [0.25, 0.3) is 0 Å². The molecule has 2 rings (SSSR count). The number of amides is 5. The maximum atomic E-state index is 13.3. The Morgan fingerprint density at radius 1 is 0.975 bits per heavy atom. The molecule has 0 spiro atoms. The maximum absolute atomic E-state index is 13.3. The van der Waals surface area contributed by atoms with Crippen molar-refractivity contribution in [2.45, 2.75) is 71.4 Å². The lowest BCUT2D eigenvalue weighted by molar-refractivity contribution is -0.122. The molecule has 0 saturated heterocycles. The summed E-state index contributed by atoms with van der Waals surface area (Å²) in [7, 11) is 0. The zero-order chi connectivity index (χ0) is 29.5. The Hall–Kier alpha value is -3.48. The number of benzene rings is 1. The van der Waals surface area contributed by atoms with E-state index in [1.165, 1.54) is 4.68 Å². The van der Waals surface area contributed by atoms with Crippen LogP contribution in [-0.2, 0) is 14.4 Å². The Kier molecular flexibility index (Phi) is 14.1. The third-order valence-electron chi connectivity index (χ3n) is 6.25. The summed E-state index contributed by atoms with van der Waals surface area (Å²) in [5.41, 5.74) is 7.46. The van der Waals surface area contributed by atoms with Crippen LogP contribution in [0.2, 0.25) is 0 Å². The Bertz CT molecular complexity index is 1110. The minimum Gasteiger partial charge on any atom is -0.355 e. The summed E-state index contributed by atoms with van der Waals surface area (Å²) in [6.07, 6.45) is 5.25. The van der Waals surface area contributed by atoms with Crippen molar-refractivity contribution in [3.8, 4) is 0 Å². The highest BCUT2D eigenvalue weighted by molar-refractivity contribution is 9.09. The van der Waals surface area contributed by atoms with Crippen molar-refractivity contribution in [3.05, 3.63) is 41.7 Å². The molecule has 1 aromatic carbocycles. The number of nitrogens with zero attached hydrogens (tertiary/aromatic N) is 3. The van der Waals surface area contributed by atoms with Gasteiger partial charge in [0.1, 0.15) is 11.7 Å². The SMILES string of the molecule is Cc1ccc(NC(=O)[C@H](CCCNC(N)=O)n2cc([C@@H](NC(=O)CCCCCNC(=O)CBr)C(C)C)nn2)cc1. The highest BCUT2D eigenvalue weighted by atomic mass is 79.9. The number of aromatic nitrogens is 3. The first-order valence-electron chi connectivity index (χ1n) is 13.5. The number of aryl methyl sites for hydroxylation is 1. The van der Waals surface area contributed by atoms with Crippen molar-refractivity contribution in [1.82, 2.24) is 30.9 Å². The number of anilines is 1. The fraction of sp³-hybridized carbons (Fsp3) is 0.556. The largest absolute Gasteiger partial charge is 0.355 e. The number of hydrogen-bond donors (Lipinski definition) is 5. The number of carbonyl (C=O) groups is 4. The second-order valence-electron chi connectivity index (χ2n) is 10.0. The number of nitrogens with two attached hydrogens (primary N) is 1. The van der Waals surface area contributed by atoms with Gasteiger partial charge in [0, 0.05) is 25.2 Å². The molecule has 0 fully saturated rings. The number of urea groups is 1. The van der Waals surface area contributed by atoms with E-state index in [2.05, 4.69) is 47.5 Å². The quantitative estimate of drug-likeness (QED) is 0.134. The van der Waals surface area contributed by atoms with Crippen molar-refractivity contribution >= 4 is 45.4 Å². The number of nitrogens with one attached hydrogen (secondary N) is 4. The molecule has 0 aliphatic carbocycles. The molecule has 0 aliphatic heterocycles. The van der Waals surface area contributed by atoms with E-state index in [1.54, 1.807) is 6.20 Å². The number of primary amides is 1. The molecule has 5 amide bonds. The van der Waals surface area contributed by atoms with E-state index in [0.29, 0.717) is 50.2 Å². The van der Waals surface area contributed by atoms with Gasteiger partial charge in [-0.25, -0.2) is 9.48 Å². The number of carbonyl (C=O) groups excluding carboxylic acids is 4. The van der Waals surface area contributed by atoms with Crippen molar-refractivity contribution < 1.29 is 19.2 Å². The van der Waals surface area contributed by atoms with Gasteiger partial charge in [0.2, 0.25) is 17.7 Å². The number of halogens is 1. The van der Waals surface area contributed by atoms with E-state index in [4.69, 9.17) is 5.73 Å². The average molecular weight is 622 g/mol. The Balaban J connectivity index is 2.04. The van der Waals surface area contributed by atoms with E-state index < -0.39 is 12.1 Å². The van der Waals surface area contributed by atoms with Crippen LogP contribution in [0.3, 0.4) is 0 Å². The van der Waals surface area contributed by atoms with Gasteiger partial charge in [0.05, 0.1) is 17.6 Å². The van der Waals surface area contributed by atoms with Gasteiger partial charge in [-0.2, -0.15) is 0 Å². The van der Waals surface area contributed by atoms with Gasteiger partial charge in [0.15, 0.2) is 0 Å². The van der Waals surface area contributed by atoms with Crippen LogP contribution in [0.4, 0.5) is 10.5 Å². The van der Waals surface area contributed by atoms with Crippen molar-refractivity contribution in [3.63, 3.8) is 0 Å². The minimum atomic E-state index is -0.689. The highest BCUT2D eigenvalue weighted by Crippen LogP contribution is 2.23. The molecule has 2 aromatic rings. The summed E-state index contributed by atoms with van der Waals surface area (Å²) in [6, 6.07) is 5.79. The number of rotatable bonds is 17. The fourth-order valence-electron chi connectivity index (χ4n) is 4.03. The van der Waals surface area contributed by atoms with E-state index in [0.717, 1.165) is 18.4 Å². The molecule has 13 heteroatoms. The normalized spacial score (nSPS) is 12.4. The molecular formula is C27H41BrN8O4. The van der Waals surface area contributed by atoms with Gasteiger partial charge in [-0.05, 0) is 50.7 Å². The first-order chi connectivity index (χ1) is 19.1. The molecule has 2 atom stereocenters. The molecule has 0 radical (unpaired) electrons. The standard InChI is InChI=1S/C27H41BrN8O4/c1-18(2)25(33-23(37)9-5-4-6-14-30-24(38)16-28)21-17-36(35-34-21)22(8-7-15-31-27(29)40)26(39)32-20-12-10-19(3)11-13-20/h10-13,17-18,22,25H,4-9,14-16H2,1-3H3,(H,30,38)(H,32,39)(H,33,37)(H3,29,31,40)/t22-,25-/m0/s1. The molecule has 220 valence electrons. The maximum Gasteiger partial charge on any atom is 0.312 e. The van der Waals surface area contributed by atoms with Gasteiger partial charge in [0.25, 0.3) is 0 Å². The third-order valence-corrected chi connectivity index (χ3v) is 6.76. The predicted molar refractivity (Wildman–Crippen MR) is 157 cm³/mol. The Morgan fingerprint density at radius 3 is 2.33 bits per heavy atom. The lowest BCUT2D eigenvalue weighted by Crippen LogP contribution is -2.32. The van der Waals surface area contributed by atoms with Gasteiger partial charge in [-0.15, -0.1) is 5.10 Å². The van der Waals surface area contributed by atoms with Crippen LogP contribution in [0, 0.1) is 12.8 Å². The molecule has 1 aromatic heterocycles. The number of alkyl halides is 1. The van der Waals surface area contributed by atoms with Crippen LogP contribution in [0.5, 0.6) is 0 Å². The van der Waals surface area contributed by atoms with Gasteiger partial charge in [-0.1, -0.05) is 59.1 Å². The molecule has 0 bridgehead atoms. The topological polar surface area (TPSA) is 173 Å². The molecule has 6 N–H and O–H groups in total. The van der Waals surface area contributed by atoms with Crippen LogP contribution in [-0.4, -0.2) is 57.2 Å². The highest BCUT2D eigenvalue weighted by Gasteiger charge is 2.26. The first-order valence-corrected chi connectivity index (χ1v) is 14.7. The average Bonchev–Trinajstić information content (AvgIpc) is 3.39.